The number of rotatable bonds is 3. The Morgan fingerprint density at radius 2 is 1.88 bits per heavy atom. The van der Waals surface area contributed by atoms with Crippen LogP contribution in [0.3, 0.4) is 0 Å². The van der Waals surface area contributed by atoms with Gasteiger partial charge in [-0.1, -0.05) is 19.3 Å². The SMILES string of the molecule is C1CCC(CO[C@@H]2CO[C@@H]3CCO[C@@H]32)CC1. The first-order valence-corrected chi connectivity index (χ1v) is 6.78. The van der Waals surface area contributed by atoms with Crippen LogP contribution >= 0.6 is 0 Å². The maximum Gasteiger partial charge on any atom is 0.112 e. The highest BCUT2D eigenvalue weighted by molar-refractivity contribution is 4.89. The van der Waals surface area contributed by atoms with Crippen LogP contribution in [0.1, 0.15) is 38.5 Å². The molecule has 2 heterocycles. The molecule has 1 aliphatic carbocycles. The summed E-state index contributed by atoms with van der Waals surface area (Å²) in [5.41, 5.74) is 0. The zero-order valence-corrected chi connectivity index (χ0v) is 9.90. The van der Waals surface area contributed by atoms with Crippen LogP contribution in [0.4, 0.5) is 0 Å². The molecule has 3 nitrogen and oxygen atoms in total. The molecule has 2 saturated heterocycles. The van der Waals surface area contributed by atoms with Gasteiger partial charge in [0.15, 0.2) is 0 Å². The van der Waals surface area contributed by atoms with Gasteiger partial charge in [0.2, 0.25) is 0 Å². The van der Waals surface area contributed by atoms with Crippen LogP contribution in [0.5, 0.6) is 0 Å². The molecule has 3 aliphatic rings. The van der Waals surface area contributed by atoms with Crippen molar-refractivity contribution >= 4 is 0 Å². The summed E-state index contributed by atoms with van der Waals surface area (Å²) in [7, 11) is 0. The average Bonchev–Trinajstić information content (AvgIpc) is 2.90. The summed E-state index contributed by atoms with van der Waals surface area (Å²) < 4.78 is 17.4. The van der Waals surface area contributed by atoms with Crippen LogP contribution < -0.4 is 0 Å². The van der Waals surface area contributed by atoms with E-state index < -0.39 is 0 Å². The Labute approximate surface area is 97.4 Å². The first-order chi connectivity index (χ1) is 7.93. The van der Waals surface area contributed by atoms with Crippen molar-refractivity contribution in [3.8, 4) is 0 Å². The minimum Gasteiger partial charge on any atom is -0.373 e. The van der Waals surface area contributed by atoms with Gasteiger partial charge in [0, 0.05) is 6.61 Å². The molecule has 16 heavy (non-hydrogen) atoms. The fourth-order valence-electron chi connectivity index (χ4n) is 3.19. The van der Waals surface area contributed by atoms with Crippen LogP contribution in [-0.2, 0) is 14.2 Å². The molecular weight excluding hydrogens is 204 g/mol. The fraction of sp³-hybridized carbons (Fsp3) is 1.00. The highest BCUT2D eigenvalue weighted by atomic mass is 16.6. The van der Waals surface area contributed by atoms with Crippen molar-refractivity contribution in [2.75, 3.05) is 19.8 Å². The summed E-state index contributed by atoms with van der Waals surface area (Å²) >= 11 is 0. The van der Waals surface area contributed by atoms with Gasteiger partial charge in [-0.2, -0.15) is 0 Å². The Kier molecular flexibility index (Phi) is 3.46. The van der Waals surface area contributed by atoms with E-state index in [4.69, 9.17) is 14.2 Å². The zero-order chi connectivity index (χ0) is 10.8. The molecule has 0 N–H and O–H groups in total. The molecular formula is C13H22O3. The van der Waals surface area contributed by atoms with Crippen molar-refractivity contribution in [3.63, 3.8) is 0 Å². The number of hydrogen-bond acceptors (Lipinski definition) is 3. The van der Waals surface area contributed by atoms with Gasteiger partial charge < -0.3 is 14.2 Å². The topological polar surface area (TPSA) is 27.7 Å². The van der Waals surface area contributed by atoms with E-state index in [0.717, 1.165) is 32.2 Å². The molecule has 0 aromatic rings. The molecule has 0 radical (unpaired) electrons. The van der Waals surface area contributed by atoms with Crippen LogP contribution in [0.25, 0.3) is 0 Å². The number of ether oxygens (including phenoxy) is 3. The Hall–Kier alpha value is -0.120. The van der Waals surface area contributed by atoms with Gasteiger partial charge in [-0.15, -0.1) is 0 Å². The van der Waals surface area contributed by atoms with Crippen LogP contribution in [-0.4, -0.2) is 38.1 Å². The third-order valence-corrected chi connectivity index (χ3v) is 4.19. The summed E-state index contributed by atoms with van der Waals surface area (Å²) in [5.74, 6) is 0.786. The first kappa shape index (κ1) is 11.0. The Balaban J connectivity index is 1.44. The Morgan fingerprint density at radius 3 is 2.75 bits per heavy atom. The van der Waals surface area contributed by atoms with E-state index in [2.05, 4.69) is 0 Å². The predicted molar refractivity (Wildman–Crippen MR) is 60.4 cm³/mol. The monoisotopic (exact) mass is 226 g/mol. The van der Waals surface area contributed by atoms with Gasteiger partial charge in [-0.05, 0) is 25.2 Å². The van der Waals surface area contributed by atoms with E-state index in [9.17, 15) is 0 Å². The lowest BCUT2D eigenvalue weighted by molar-refractivity contribution is -0.0459. The van der Waals surface area contributed by atoms with E-state index >= 15 is 0 Å². The zero-order valence-electron chi connectivity index (χ0n) is 9.90. The van der Waals surface area contributed by atoms with E-state index in [-0.39, 0.29) is 12.2 Å². The van der Waals surface area contributed by atoms with E-state index in [1.54, 1.807) is 0 Å². The van der Waals surface area contributed by atoms with Gasteiger partial charge in [-0.3, -0.25) is 0 Å². The van der Waals surface area contributed by atoms with Crippen molar-refractivity contribution in [1.29, 1.82) is 0 Å². The number of hydrogen-bond donors (Lipinski definition) is 0. The third kappa shape index (κ3) is 2.27. The third-order valence-electron chi connectivity index (χ3n) is 4.19. The van der Waals surface area contributed by atoms with Crippen LogP contribution in [0.2, 0.25) is 0 Å². The summed E-state index contributed by atoms with van der Waals surface area (Å²) in [4.78, 5) is 0. The largest absolute Gasteiger partial charge is 0.373 e. The minimum atomic E-state index is 0.203. The molecule has 1 saturated carbocycles. The van der Waals surface area contributed by atoms with Gasteiger partial charge in [0.1, 0.15) is 12.2 Å². The second kappa shape index (κ2) is 5.03. The lowest BCUT2D eigenvalue weighted by Gasteiger charge is -2.24. The van der Waals surface area contributed by atoms with Crippen molar-refractivity contribution < 1.29 is 14.2 Å². The molecule has 2 aliphatic heterocycles. The van der Waals surface area contributed by atoms with Crippen molar-refractivity contribution in [3.05, 3.63) is 0 Å². The van der Waals surface area contributed by atoms with Gasteiger partial charge in [0.25, 0.3) is 0 Å². The summed E-state index contributed by atoms with van der Waals surface area (Å²) in [6, 6.07) is 0. The highest BCUT2D eigenvalue weighted by Gasteiger charge is 2.42. The van der Waals surface area contributed by atoms with Gasteiger partial charge >= 0.3 is 0 Å². The maximum absolute atomic E-state index is 6.01. The van der Waals surface area contributed by atoms with Crippen LogP contribution in [0, 0.1) is 5.92 Å². The van der Waals surface area contributed by atoms with Crippen molar-refractivity contribution in [1.82, 2.24) is 0 Å². The van der Waals surface area contributed by atoms with E-state index in [1.165, 1.54) is 32.1 Å². The molecule has 0 bridgehead atoms. The quantitative estimate of drug-likeness (QED) is 0.738. The van der Waals surface area contributed by atoms with E-state index in [0.29, 0.717) is 6.10 Å². The van der Waals surface area contributed by atoms with E-state index in [1.807, 2.05) is 0 Å². The molecule has 92 valence electrons. The molecule has 0 amide bonds. The van der Waals surface area contributed by atoms with Gasteiger partial charge in [0.05, 0.1) is 19.3 Å². The highest BCUT2D eigenvalue weighted by Crippen LogP contribution is 2.30. The standard InChI is InChI=1S/C13H22O3/c1-2-4-10(5-3-1)8-15-12-9-16-11-6-7-14-13(11)12/h10-13H,1-9H2/t11-,12-,13+/m1/s1. The fourth-order valence-corrected chi connectivity index (χ4v) is 3.19. The van der Waals surface area contributed by atoms with Crippen molar-refractivity contribution in [2.45, 2.75) is 56.8 Å². The average molecular weight is 226 g/mol. The smallest absolute Gasteiger partial charge is 0.112 e. The molecule has 0 aromatic carbocycles. The minimum absolute atomic E-state index is 0.203. The Bertz CT molecular complexity index is 225. The second-order valence-corrected chi connectivity index (χ2v) is 5.37. The van der Waals surface area contributed by atoms with Gasteiger partial charge in [-0.25, -0.2) is 0 Å². The molecule has 0 aromatic heterocycles. The molecule has 0 unspecified atom stereocenters. The van der Waals surface area contributed by atoms with Crippen LogP contribution in [0.15, 0.2) is 0 Å². The number of fused-ring (bicyclic) bond motifs is 1. The predicted octanol–water partition coefficient (Wildman–Crippen LogP) is 2.14. The summed E-state index contributed by atoms with van der Waals surface area (Å²) in [6.07, 6.45) is 8.68. The molecule has 3 fully saturated rings. The summed E-state index contributed by atoms with van der Waals surface area (Å²) in [5, 5.41) is 0. The molecule has 3 atom stereocenters. The second-order valence-electron chi connectivity index (χ2n) is 5.37. The maximum atomic E-state index is 6.01. The van der Waals surface area contributed by atoms with Crippen molar-refractivity contribution in [2.24, 2.45) is 5.92 Å². The molecule has 3 rings (SSSR count). The Morgan fingerprint density at radius 1 is 1.00 bits per heavy atom. The summed E-state index contributed by atoms with van der Waals surface area (Å²) in [6.45, 7) is 2.50. The lowest BCUT2D eigenvalue weighted by atomic mass is 9.90. The molecule has 0 spiro atoms. The molecule has 3 heteroatoms. The first-order valence-electron chi connectivity index (χ1n) is 6.78. The normalized spacial score (nSPS) is 40.1. The lowest BCUT2D eigenvalue weighted by Crippen LogP contribution is -2.31.